The highest BCUT2D eigenvalue weighted by Gasteiger charge is 2.27. The van der Waals surface area contributed by atoms with Crippen molar-refractivity contribution in [3.63, 3.8) is 0 Å². The number of likely N-dealkylation sites (tertiary alicyclic amines) is 1. The average Bonchev–Trinajstić information content (AvgIpc) is 3.17. The fourth-order valence-electron chi connectivity index (χ4n) is 2.95. The molecule has 1 N–H and O–H groups in total. The summed E-state index contributed by atoms with van der Waals surface area (Å²) in [5, 5.41) is 8.40. The van der Waals surface area contributed by atoms with E-state index in [0.29, 0.717) is 24.4 Å². The van der Waals surface area contributed by atoms with Crippen LogP contribution in [-0.4, -0.2) is 53.8 Å². The number of hydrogen-bond donors (Lipinski definition) is 1. The van der Waals surface area contributed by atoms with Gasteiger partial charge in [-0.2, -0.15) is 5.10 Å². The summed E-state index contributed by atoms with van der Waals surface area (Å²) < 4.78 is 23.5. The van der Waals surface area contributed by atoms with Crippen LogP contribution in [0.15, 0.2) is 22.0 Å². The highest BCUT2D eigenvalue weighted by Crippen LogP contribution is 2.24. The second kappa shape index (κ2) is 6.40. The van der Waals surface area contributed by atoms with Crippen molar-refractivity contribution in [2.75, 3.05) is 19.3 Å². The third-order valence-electron chi connectivity index (χ3n) is 4.03. The summed E-state index contributed by atoms with van der Waals surface area (Å²) >= 11 is 1.40. The van der Waals surface area contributed by atoms with Crippen LogP contribution in [0.4, 0.5) is 0 Å². The van der Waals surface area contributed by atoms with Crippen LogP contribution in [0.25, 0.3) is 0 Å². The van der Waals surface area contributed by atoms with Crippen LogP contribution in [0.1, 0.15) is 29.0 Å². The largest absolute Gasteiger partial charge is 0.337 e. The molecule has 1 amide bonds. The topological polar surface area (TPSA) is 96.0 Å². The van der Waals surface area contributed by atoms with Crippen molar-refractivity contribution < 1.29 is 13.2 Å². The van der Waals surface area contributed by atoms with Crippen LogP contribution in [0.5, 0.6) is 0 Å². The first-order chi connectivity index (χ1) is 10.9. The number of amides is 1. The Hall–Kier alpha value is -1.74. The molecule has 2 aromatic rings. The molecule has 0 saturated carbocycles. The smallest absolute Gasteiger partial charge is 0.273 e. The first-order valence-corrected chi connectivity index (χ1v) is 10.2. The number of nitrogens with one attached hydrogen (secondary N) is 1. The number of hydrogen-bond acceptors (Lipinski definition) is 6. The SMILES string of the molecule is CS(=O)(=O)c1cn[nH]c1C[C@@H]1CCCN(C(=O)c2cscn2)C1. The predicted octanol–water partition coefficient (Wildman–Crippen LogP) is 1.36. The van der Waals surface area contributed by atoms with Gasteiger partial charge in [-0.05, 0) is 25.2 Å². The van der Waals surface area contributed by atoms with E-state index in [9.17, 15) is 13.2 Å². The molecule has 1 aliphatic heterocycles. The molecule has 0 unspecified atom stereocenters. The van der Waals surface area contributed by atoms with Crippen molar-refractivity contribution in [2.45, 2.75) is 24.2 Å². The number of carbonyl (C=O) groups is 1. The number of thiazole rings is 1. The lowest BCUT2D eigenvalue weighted by Gasteiger charge is -2.32. The summed E-state index contributed by atoms with van der Waals surface area (Å²) in [4.78, 5) is 18.5. The Labute approximate surface area is 138 Å². The summed E-state index contributed by atoms with van der Waals surface area (Å²) in [6.07, 6.45) is 4.97. The van der Waals surface area contributed by atoms with Crippen LogP contribution in [0.2, 0.25) is 0 Å². The summed E-state index contributed by atoms with van der Waals surface area (Å²) in [7, 11) is -3.29. The van der Waals surface area contributed by atoms with Gasteiger partial charge in [0.2, 0.25) is 0 Å². The molecule has 124 valence electrons. The Morgan fingerprint density at radius 3 is 3.04 bits per heavy atom. The third-order valence-corrected chi connectivity index (χ3v) is 5.77. The van der Waals surface area contributed by atoms with Gasteiger partial charge in [-0.3, -0.25) is 9.89 Å². The summed E-state index contributed by atoms with van der Waals surface area (Å²) in [6.45, 7) is 1.33. The first-order valence-electron chi connectivity index (χ1n) is 7.35. The van der Waals surface area contributed by atoms with Gasteiger partial charge >= 0.3 is 0 Å². The van der Waals surface area contributed by atoms with Gasteiger partial charge in [0, 0.05) is 24.7 Å². The minimum Gasteiger partial charge on any atom is -0.337 e. The van der Waals surface area contributed by atoms with Crippen LogP contribution < -0.4 is 0 Å². The van der Waals surface area contributed by atoms with Crippen molar-refractivity contribution in [3.8, 4) is 0 Å². The van der Waals surface area contributed by atoms with E-state index in [4.69, 9.17) is 0 Å². The van der Waals surface area contributed by atoms with E-state index in [0.717, 1.165) is 19.4 Å². The Morgan fingerprint density at radius 2 is 2.35 bits per heavy atom. The van der Waals surface area contributed by atoms with Gasteiger partial charge in [-0.25, -0.2) is 13.4 Å². The monoisotopic (exact) mass is 354 g/mol. The third kappa shape index (κ3) is 3.61. The standard InChI is InChI=1S/C14H18N4O3S2/c1-23(20,21)13-6-16-17-11(13)5-10-3-2-4-18(7-10)14(19)12-8-22-9-15-12/h6,8-10H,2-5,7H2,1H3,(H,16,17)/t10-/m0/s1. The van der Waals surface area contributed by atoms with Crippen LogP contribution >= 0.6 is 11.3 Å². The molecular weight excluding hydrogens is 336 g/mol. The zero-order chi connectivity index (χ0) is 16.4. The average molecular weight is 354 g/mol. The second-order valence-electron chi connectivity index (χ2n) is 5.82. The molecule has 0 aliphatic carbocycles. The maximum absolute atomic E-state index is 12.4. The van der Waals surface area contributed by atoms with Crippen molar-refractivity contribution in [2.24, 2.45) is 5.92 Å². The van der Waals surface area contributed by atoms with Crippen molar-refractivity contribution in [1.29, 1.82) is 0 Å². The minimum atomic E-state index is -3.29. The number of rotatable bonds is 4. The maximum atomic E-state index is 12.4. The maximum Gasteiger partial charge on any atom is 0.273 e. The van der Waals surface area contributed by atoms with Gasteiger partial charge in [-0.1, -0.05) is 0 Å². The second-order valence-corrected chi connectivity index (χ2v) is 8.53. The molecule has 0 spiro atoms. The van der Waals surface area contributed by atoms with E-state index < -0.39 is 9.84 Å². The van der Waals surface area contributed by atoms with Crippen molar-refractivity contribution in [3.05, 3.63) is 28.5 Å². The number of sulfone groups is 1. The molecule has 23 heavy (non-hydrogen) atoms. The molecule has 3 heterocycles. The highest BCUT2D eigenvalue weighted by atomic mass is 32.2. The normalized spacial score (nSPS) is 19.0. The Morgan fingerprint density at radius 1 is 1.52 bits per heavy atom. The van der Waals surface area contributed by atoms with Gasteiger partial charge < -0.3 is 4.90 Å². The number of piperidine rings is 1. The first kappa shape index (κ1) is 16.1. The van der Waals surface area contributed by atoms with E-state index >= 15 is 0 Å². The summed E-state index contributed by atoms with van der Waals surface area (Å²) in [6, 6.07) is 0. The molecule has 0 bridgehead atoms. The number of aromatic nitrogens is 3. The van der Waals surface area contributed by atoms with Crippen molar-refractivity contribution >= 4 is 27.1 Å². The van der Waals surface area contributed by atoms with Crippen molar-refractivity contribution in [1.82, 2.24) is 20.1 Å². The molecule has 0 radical (unpaired) electrons. The van der Waals surface area contributed by atoms with Crippen LogP contribution in [0.3, 0.4) is 0 Å². The lowest BCUT2D eigenvalue weighted by molar-refractivity contribution is 0.0667. The van der Waals surface area contributed by atoms with E-state index in [1.54, 1.807) is 15.8 Å². The molecule has 9 heteroatoms. The van der Waals surface area contributed by atoms with E-state index in [2.05, 4.69) is 15.2 Å². The van der Waals surface area contributed by atoms with E-state index in [-0.39, 0.29) is 16.7 Å². The van der Waals surface area contributed by atoms with Crippen LogP contribution in [0, 0.1) is 5.92 Å². The van der Waals surface area contributed by atoms with Gasteiger partial charge in [-0.15, -0.1) is 11.3 Å². The van der Waals surface area contributed by atoms with Gasteiger partial charge in [0.15, 0.2) is 9.84 Å². The lowest BCUT2D eigenvalue weighted by atomic mass is 9.93. The fraction of sp³-hybridized carbons (Fsp3) is 0.500. The van der Waals surface area contributed by atoms with E-state index in [1.165, 1.54) is 23.8 Å². The molecule has 7 nitrogen and oxygen atoms in total. The summed E-state index contributed by atoms with van der Waals surface area (Å²) in [5.74, 6) is 0.163. The summed E-state index contributed by atoms with van der Waals surface area (Å²) in [5.41, 5.74) is 2.76. The number of carbonyl (C=O) groups excluding carboxylic acids is 1. The molecular formula is C14H18N4O3S2. The number of aromatic amines is 1. The van der Waals surface area contributed by atoms with Gasteiger partial charge in [0.05, 0.1) is 17.4 Å². The Bertz CT molecular complexity index is 783. The fourth-order valence-corrected chi connectivity index (χ4v) is 4.30. The lowest BCUT2D eigenvalue weighted by Crippen LogP contribution is -2.40. The molecule has 1 saturated heterocycles. The van der Waals surface area contributed by atoms with E-state index in [1.807, 2.05) is 0 Å². The Kier molecular flexibility index (Phi) is 4.49. The zero-order valence-electron chi connectivity index (χ0n) is 12.7. The molecule has 2 aromatic heterocycles. The van der Waals surface area contributed by atoms with Gasteiger partial charge in [0.25, 0.3) is 5.91 Å². The quantitative estimate of drug-likeness (QED) is 0.894. The molecule has 1 atom stereocenters. The molecule has 1 fully saturated rings. The number of H-pyrrole nitrogens is 1. The molecule has 0 aromatic carbocycles. The minimum absolute atomic E-state index is 0.0519. The number of nitrogens with zero attached hydrogens (tertiary/aromatic N) is 3. The van der Waals surface area contributed by atoms with Crippen LogP contribution in [-0.2, 0) is 16.3 Å². The Balaban J connectivity index is 1.70. The zero-order valence-corrected chi connectivity index (χ0v) is 14.4. The predicted molar refractivity (Wildman–Crippen MR) is 86.1 cm³/mol. The molecule has 1 aliphatic rings. The van der Waals surface area contributed by atoms with Gasteiger partial charge in [0.1, 0.15) is 10.6 Å². The molecule has 3 rings (SSSR count). The highest BCUT2D eigenvalue weighted by molar-refractivity contribution is 7.90.